The van der Waals surface area contributed by atoms with Crippen LogP contribution in [0, 0.1) is 6.92 Å². The van der Waals surface area contributed by atoms with Crippen molar-refractivity contribution in [3.63, 3.8) is 0 Å². The van der Waals surface area contributed by atoms with Crippen molar-refractivity contribution in [1.82, 2.24) is 30.0 Å². The van der Waals surface area contributed by atoms with E-state index < -0.39 is 18.2 Å². The van der Waals surface area contributed by atoms with E-state index in [0.29, 0.717) is 35.7 Å². The minimum atomic E-state index is -4.88. The number of likely N-dealkylation sites (tertiary alicyclic amines) is 1. The van der Waals surface area contributed by atoms with Gasteiger partial charge >= 0.3 is 6.36 Å². The highest BCUT2D eigenvalue weighted by atomic mass is 35.5. The van der Waals surface area contributed by atoms with Crippen LogP contribution in [0.25, 0.3) is 17.1 Å². The van der Waals surface area contributed by atoms with Crippen molar-refractivity contribution in [3.05, 3.63) is 70.8 Å². The zero-order chi connectivity index (χ0) is 25.4. The fraction of sp³-hybridized carbons (Fsp3) is 0.261. The third-order valence-corrected chi connectivity index (χ3v) is 6.15. The Kier molecular flexibility index (Phi) is 6.12. The number of alkyl halides is 3. The molecular weight excluding hydrogens is 501 g/mol. The standard InChI is InChI=1S/C23H18ClF3N6O3/c1-13-11-18(33-28-8-9-29-33)15(12-16(13)24)22(34)32-10-4-6-17(32)20-30-21(36-31-20)14-5-2-3-7-19(14)35-23(25,26)27/h2-3,5,7-9,11-12,17H,4,6,10H2,1H3. The van der Waals surface area contributed by atoms with E-state index in [0.717, 1.165) is 11.6 Å². The number of ether oxygens (including phenoxy) is 1. The van der Waals surface area contributed by atoms with E-state index in [9.17, 15) is 18.0 Å². The fourth-order valence-electron chi connectivity index (χ4n) is 4.11. The average molecular weight is 519 g/mol. The molecule has 3 heterocycles. The van der Waals surface area contributed by atoms with Crippen LogP contribution in [0.15, 0.2) is 53.3 Å². The maximum absolute atomic E-state index is 13.7. The summed E-state index contributed by atoms with van der Waals surface area (Å²) in [7, 11) is 0. The van der Waals surface area contributed by atoms with Gasteiger partial charge in [0.25, 0.3) is 11.8 Å². The molecule has 1 aliphatic rings. The second kappa shape index (κ2) is 9.26. The lowest BCUT2D eigenvalue weighted by atomic mass is 10.1. The SMILES string of the molecule is Cc1cc(-n2nccn2)c(C(=O)N2CCCC2c2noc(-c3ccccc3OC(F)(F)F)n2)cc1Cl. The predicted molar refractivity (Wildman–Crippen MR) is 121 cm³/mol. The Hall–Kier alpha value is -3.93. The number of benzene rings is 2. The summed E-state index contributed by atoms with van der Waals surface area (Å²) in [4.78, 5) is 20.9. The topological polar surface area (TPSA) is 99.2 Å². The Morgan fingerprint density at radius 2 is 1.94 bits per heavy atom. The van der Waals surface area contributed by atoms with E-state index in [1.807, 2.05) is 6.92 Å². The highest BCUT2D eigenvalue weighted by Gasteiger charge is 2.36. The Bertz CT molecular complexity index is 1410. The molecule has 0 N–H and O–H groups in total. The largest absolute Gasteiger partial charge is 0.573 e. The smallest absolute Gasteiger partial charge is 0.405 e. The summed E-state index contributed by atoms with van der Waals surface area (Å²) in [6.45, 7) is 2.22. The number of nitrogens with zero attached hydrogens (tertiary/aromatic N) is 6. The van der Waals surface area contributed by atoms with E-state index >= 15 is 0 Å². The number of aromatic nitrogens is 5. The lowest BCUT2D eigenvalue weighted by Gasteiger charge is -2.23. The molecule has 1 amide bonds. The van der Waals surface area contributed by atoms with Gasteiger partial charge in [-0.2, -0.15) is 20.0 Å². The minimum absolute atomic E-state index is 0.0122. The summed E-state index contributed by atoms with van der Waals surface area (Å²) >= 11 is 6.33. The Labute approximate surface area is 207 Å². The number of carbonyl (C=O) groups is 1. The zero-order valence-corrected chi connectivity index (χ0v) is 19.5. The molecule has 0 radical (unpaired) electrons. The molecule has 186 valence electrons. The lowest BCUT2D eigenvalue weighted by Crippen LogP contribution is -2.32. The first-order valence-corrected chi connectivity index (χ1v) is 11.3. The normalized spacial score (nSPS) is 15.9. The van der Waals surface area contributed by atoms with Crippen molar-refractivity contribution in [2.24, 2.45) is 0 Å². The van der Waals surface area contributed by atoms with Crippen LogP contribution in [0.4, 0.5) is 13.2 Å². The number of aryl methyl sites for hydroxylation is 1. The third-order valence-electron chi connectivity index (χ3n) is 5.74. The van der Waals surface area contributed by atoms with Crippen LogP contribution in [0.3, 0.4) is 0 Å². The van der Waals surface area contributed by atoms with Crippen LogP contribution in [0.2, 0.25) is 5.02 Å². The molecule has 0 spiro atoms. The summed E-state index contributed by atoms with van der Waals surface area (Å²) in [5.74, 6) is -0.775. The second-order valence-electron chi connectivity index (χ2n) is 8.10. The molecule has 1 fully saturated rings. The number of rotatable bonds is 5. The van der Waals surface area contributed by atoms with Crippen LogP contribution in [-0.4, -0.2) is 48.8 Å². The van der Waals surface area contributed by atoms with Crippen LogP contribution in [-0.2, 0) is 0 Å². The molecule has 0 bridgehead atoms. The number of para-hydroxylation sites is 1. The van der Waals surface area contributed by atoms with Gasteiger partial charge < -0.3 is 14.2 Å². The highest BCUT2D eigenvalue weighted by molar-refractivity contribution is 6.31. The molecule has 36 heavy (non-hydrogen) atoms. The van der Waals surface area contributed by atoms with Gasteiger partial charge in [-0.05, 0) is 49.6 Å². The van der Waals surface area contributed by atoms with E-state index in [4.69, 9.17) is 16.1 Å². The van der Waals surface area contributed by atoms with Crippen LogP contribution < -0.4 is 4.74 Å². The third kappa shape index (κ3) is 4.63. The molecule has 5 rings (SSSR count). The Morgan fingerprint density at radius 3 is 2.69 bits per heavy atom. The van der Waals surface area contributed by atoms with Crippen LogP contribution in [0.5, 0.6) is 5.75 Å². The van der Waals surface area contributed by atoms with E-state index in [2.05, 4.69) is 25.1 Å². The molecule has 4 aromatic rings. The first-order valence-electron chi connectivity index (χ1n) is 10.9. The van der Waals surface area contributed by atoms with Gasteiger partial charge in [0.2, 0.25) is 0 Å². The van der Waals surface area contributed by atoms with E-state index in [-0.39, 0.29) is 23.2 Å². The van der Waals surface area contributed by atoms with E-state index in [1.54, 1.807) is 17.0 Å². The van der Waals surface area contributed by atoms with Crippen molar-refractivity contribution < 1.29 is 27.2 Å². The van der Waals surface area contributed by atoms with Gasteiger partial charge in [0.1, 0.15) is 5.75 Å². The number of hydrogen-bond donors (Lipinski definition) is 0. The molecule has 2 aromatic heterocycles. The zero-order valence-electron chi connectivity index (χ0n) is 18.7. The minimum Gasteiger partial charge on any atom is -0.405 e. The van der Waals surface area contributed by atoms with Crippen molar-refractivity contribution in [2.75, 3.05) is 6.54 Å². The van der Waals surface area contributed by atoms with Gasteiger partial charge in [-0.15, -0.1) is 13.2 Å². The summed E-state index contributed by atoms with van der Waals surface area (Å²) in [5.41, 5.74) is 1.49. The van der Waals surface area contributed by atoms with Crippen LogP contribution >= 0.6 is 11.6 Å². The lowest BCUT2D eigenvalue weighted by molar-refractivity contribution is -0.274. The van der Waals surface area contributed by atoms with Crippen molar-refractivity contribution >= 4 is 17.5 Å². The molecule has 2 aromatic carbocycles. The molecule has 0 saturated carbocycles. The summed E-state index contributed by atoms with van der Waals surface area (Å²) in [5, 5.41) is 12.6. The van der Waals surface area contributed by atoms with Gasteiger partial charge in [0.05, 0.1) is 35.2 Å². The maximum Gasteiger partial charge on any atom is 0.573 e. The molecule has 9 nitrogen and oxygen atoms in total. The predicted octanol–water partition coefficient (Wildman–Crippen LogP) is 5.16. The van der Waals surface area contributed by atoms with E-state index in [1.165, 1.54) is 35.4 Å². The molecule has 1 unspecified atom stereocenters. The van der Waals surface area contributed by atoms with Gasteiger partial charge in [0.15, 0.2) is 5.82 Å². The van der Waals surface area contributed by atoms with Crippen molar-refractivity contribution in [3.8, 4) is 22.9 Å². The summed E-state index contributed by atoms with van der Waals surface area (Å²) in [6.07, 6.45) is -0.677. The second-order valence-corrected chi connectivity index (χ2v) is 8.50. The summed E-state index contributed by atoms with van der Waals surface area (Å²) in [6, 6.07) is 8.21. The monoisotopic (exact) mass is 518 g/mol. The van der Waals surface area contributed by atoms with Gasteiger partial charge in [0, 0.05) is 11.6 Å². The van der Waals surface area contributed by atoms with Crippen molar-refractivity contribution in [1.29, 1.82) is 0 Å². The molecular formula is C23H18ClF3N6O3. The molecule has 1 saturated heterocycles. The molecule has 0 aliphatic carbocycles. The molecule has 1 aliphatic heterocycles. The molecule has 1 atom stereocenters. The first kappa shape index (κ1) is 23.8. The number of halogens is 4. The van der Waals surface area contributed by atoms with Gasteiger partial charge in [-0.3, -0.25) is 4.79 Å². The average Bonchev–Trinajstić information content (AvgIpc) is 3.60. The van der Waals surface area contributed by atoms with Gasteiger partial charge in [-0.25, -0.2) is 0 Å². The summed E-state index contributed by atoms with van der Waals surface area (Å²) < 4.78 is 47.8. The fourth-order valence-corrected chi connectivity index (χ4v) is 4.28. The number of amides is 1. The number of carbonyl (C=O) groups excluding carboxylic acids is 1. The Balaban J connectivity index is 1.47. The number of hydrogen-bond acceptors (Lipinski definition) is 7. The Morgan fingerprint density at radius 1 is 1.19 bits per heavy atom. The van der Waals surface area contributed by atoms with Gasteiger partial charge in [-0.1, -0.05) is 28.9 Å². The van der Waals surface area contributed by atoms with Crippen molar-refractivity contribution in [2.45, 2.75) is 32.2 Å². The first-order chi connectivity index (χ1) is 17.2. The quantitative estimate of drug-likeness (QED) is 0.360. The van der Waals surface area contributed by atoms with Crippen LogP contribution in [0.1, 0.15) is 40.6 Å². The maximum atomic E-state index is 13.7. The molecule has 13 heteroatoms. The highest BCUT2D eigenvalue weighted by Crippen LogP contribution is 2.37.